The first-order valence-corrected chi connectivity index (χ1v) is 8.89. The lowest BCUT2D eigenvalue weighted by Gasteiger charge is -2.59. The summed E-state index contributed by atoms with van der Waals surface area (Å²) < 4.78 is 0. The monoisotopic (exact) mass is 298 g/mol. The molecule has 3 heteroatoms. The molecule has 1 N–H and O–H groups in total. The number of nitrogens with zero attached hydrogens (tertiary/aromatic N) is 1. The summed E-state index contributed by atoms with van der Waals surface area (Å²) >= 11 is 0. The fourth-order valence-electron chi connectivity index (χ4n) is 6.03. The van der Waals surface area contributed by atoms with Gasteiger partial charge in [0.15, 0.2) is 0 Å². The Labute approximate surface area is 132 Å². The largest absolute Gasteiger partial charge is 0.349 e. The van der Waals surface area contributed by atoms with Crippen molar-refractivity contribution in [1.29, 1.82) is 0 Å². The number of carbonyl (C=O) groups excluding carboxylic acids is 1. The van der Waals surface area contributed by atoms with E-state index in [1.165, 1.54) is 38.5 Å². The van der Waals surface area contributed by atoms with Crippen LogP contribution >= 0.6 is 0 Å². The van der Waals surface area contributed by atoms with Crippen LogP contribution in [0.15, 0.2) is 24.5 Å². The normalized spacial score (nSPS) is 37.0. The third-order valence-corrected chi connectivity index (χ3v) is 6.46. The van der Waals surface area contributed by atoms with Gasteiger partial charge in [-0.3, -0.25) is 9.78 Å². The summed E-state index contributed by atoms with van der Waals surface area (Å²) in [5.74, 6) is 2.83. The first-order valence-electron chi connectivity index (χ1n) is 8.89. The minimum absolute atomic E-state index is 0.0516. The Hall–Kier alpha value is -1.38. The molecular formula is C19H26N2O. The van der Waals surface area contributed by atoms with Gasteiger partial charge in [-0.15, -0.1) is 0 Å². The Bertz CT molecular complexity index is 519. The molecule has 4 bridgehead atoms. The molecule has 0 spiro atoms. The van der Waals surface area contributed by atoms with Gasteiger partial charge < -0.3 is 5.32 Å². The fourth-order valence-corrected chi connectivity index (χ4v) is 6.03. The quantitative estimate of drug-likeness (QED) is 0.918. The number of aromatic nitrogens is 1. The highest BCUT2D eigenvalue weighted by Gasteiger charge is 2.54. The van der Waals surface area contributed by atoms with Crippen molar-refractivity contribution in [3.63, 3.8) is 0 Å². The molecule has 1 amide bonds. The minimum atomic E-state index is 0.0516. The fraction of sp³-hybridized carbons (Fsp3) is 0.684. The van der Waals surface area contributed by atoms with Gasteiger partial charge in [-0.25, -0.2) is 0 Å². The summed E-state index contributed by atoms with van der Waals surface area (Å²) in [7, 11) is 0. The van der Waals surface area contributed by atoms with E-state index in [-0.39, 0.29) is 5.91 Å². The van der Waals surface area contributed by atoms with Crippen molar-refractivity contribution < 1.29 is 4.79 Å². The lowest BCUT2D eigenvalue weighted by atomic mass is 9.47. The molecular weight excluding hydrogens is 272 g/mol. The lowest BCUT2D eigenvalue weighted by molar-refractivity contribution is -0.0727. The Kier molecular flexibility index (Phi) is 3.47. The van der Waals surface area contributed by atoms with E-state index in [0.717, 1.165) is 24.2 Å². The topological polar surface area (TPSA) is 42.0 Å². The van der Waals surface area contributed by atoms with Crippen molar-refractivity contribution in [1.82, 2.24) is 10.3 Å². The Morgan fingerprint density at radius 3 is 2.41 bits per heavy atom. The molecule has 3 nitrogen and oxygen atoms in total. The molecule has 1 atom stereocenters. The average molecular weight is 298 g/mol. The Morgan fingerprint density at radius 1 is 1.27 bits per heavy atom. The van der Waals surface area contributed by atoms with E-state index >= 15 is 0 Å². The van der Waals surface area contributed by atoms with Crippen LogP contribution in [0.2, 0.25) is 0 Å². The molecule has 5 rings (SSSR count). The maximum atomic E-state index is 12.6. The van der Waals surface area contributed by atoms with Crippen LogP contribution < -0.4 is 5.32 Å². The van der Waals surface area contributed by atoms with E-state index in [2.05, 4.69) is 17.2 Å². The van der Waals surface area contributed by atoms with Gasteiger partial charge in [0.25, 0.3) is 5.91 Å². The van der Waals surface area contributed by atoms with Crippen molar-refractivity contribution >= 4 is 5.91 Å². The number of carbonyl (C=O) groups is 1. The first-order chi connectivity index (χ1) is 10.7. The number of hydrogen-bond acceptors (Lipinski definition) is 2. The van der Waals surface area contributed by atoms with Crippen LogP contribution in [0, 0.1) is 23.2 Å². The smallest absolute Gasteiger partial charge is 0.253 e. The molecule has 0 radical (unpaired) electrons. The van der Waals surface area contributed by atoms with Gasteiger partial charge in [-0.05, 0) is 80.2 Å². The summed E-state index contributed by atoms with van der Waals surface area (Å²) in [6, 6.07) is 4.02. The highest BCUT2D eigenvalue weighted by Crippen LogP contribution is 2.61. The maximum Gasteiger partial charge on any atom is 0.253 e. The van der Waals surface area contributed by atoms with Gasteiger partial charge in [0.05, 0.1) is 5.56 Å². The number of hydrogen-bond donors (Lipinski definition) is 1. The molecule has 1 unspecified atom stereocenters. The molecule has 4 aliphatic carbocycles. The lowest BCUT2D eigenvalue weighted by Crippen LogP contribution is -2.56. The van der Waals surface area contributed by atoms with Crippen LogP contribution in [0.3, 0.4) is 0 Å². The minimum Gasteiger partial charge on any atom is -0.349 e. The van der Waals surface area contributed by atoms with Gasteiger partial charge in [-0.2, -0.15) is 0 Å². The van der Waals surface area contributed by atoms with Crippen molar-refractivity contribution in [3.05, 3.63) is 30.1 Å². The van der Waals surface area contributed by atoms with Crippen molar-refractivity contribution in [2.24, 2.45) is 23.2 Å². The highest BCUT2D eigenvalue weighted by atomic mass is 16.1. The zero-order valence-corrected chi connectivity index (χ0v) is 13.4. The van der Waals surface area contributed by atoms with E-state index in [4.69, 9.17) is 0 Å². The molecule has 22 heavy (non-hydrogen) atoms. The third-order valence-electron chi connectivity index (χ3n) is 6.46. The first kappa shape index (κ1) is 14.2. The molecule has 1 aromatic heterocycles. The zero-order chi connectivity index (χ0) is 15.2. The van der Waals surface area contributed by atoms with Crippen molar-refractivity contribution in [2.45, 2.75) is 57.9 Å². The second-order valence-electron chi connectivity index (χ2n) is 7.96. The second-order valence-corrected chi connectivity index (χ2v) is 7.96. The zero-order valence-electron chi connectivity index (χ0n) is 13.4. The number of nitrogens with one attached hydrogen (secondary N) is 1. The summed E-state index contributed by atoms with van der Waals surface area (Å²) in [6.07, 6.45) is 12.8. The van der Waals surface area contributed by atoms with Crippen LogP contribution in [0.1, 0.15) is 62.2 Å². The van der Waals surface area contributed by atoms with Crippen molar-refractivity contribution in [2.75, 3.05) is 0 Å². The maximum absolute atomic E-state index is 12.6. The van der Waals surface area contributed by atoms with Gasteiger partial charge in [0, 0.05) is 18.4 Å². The number of rotatable bonds is 4. The van der Waals surface area contributed by atoms with E-state index in [1.807, 2.05) is 12.1 Å². The third kappa shape index (κ3) is 2.35. The Morgan fingerprint density at radius 2 is 1.91 bits per heavy atom. The van der Waals surface area contributed by atoms with E-state index < -0.39 is 0 Å². The van der Waals surface area contributed by atoms with E-state index in [9.17, 15) is 4.79 Å². The van der Waals surface area contributed by atoms with Crippen LogP contribution in [0.4, 0.5) is 0 Å². The molecule has 0 aromatic carbocycles. The number of amides is 1. The molecule has 1 heterocycles. The Balaban J connectivity index is 1.53. The molecule has 4 fully saturated rings. The predicted octanol–water partition coefficient (Wildman–Crippen LogP) is 3.81. The molecule has 0 aliphatic heterocycles. The second kappa shape index (κ2) is 5.36. The average Bonchev–Trinajstić information content (AvgIpc) is 2.51. The van der Waals surface area contributed by atoms with Gasteiger partial charge in [0.1, 0.15) is 0 Å². The molecule has 0 saturated heterocycles. The van der Waals surface area contributed by atoms with Crippen LogP contribution in [0.5, 0.6) is 0 Å². The van der Waals surface area contributed by atoms with Crippen LogP contribution in [-0.2, 0) is 0 Å². The highest BCUT2D eigenvalue weighted by molar-refractivity contribution is 5.94. The van der Waals surface area contributed by atoms with Crippen LogP contribution in [0.25, 0.3) is 0 Å². The molecule has 4 saturated carbocycles. The van der Waals surface area contributed by atoms with E-state index in [0.29, 0.717) is 17.0 Å². The summed E-state index contributed by atoms with van der Waals surface area (Å²) in [6.45, 7) is 2.23. The standard InChI is InChI=1S/C19H26N2O/c1-2-17(21-18(22)16-4-3-5-20-12-16)19-9-13-6-14(10-19)8-15(7-13)11-19/h3-5,12-15,17H,2,6-11H2,1H3,(H,21,22). The van der Waals surface area contributed by atoms with E-state index in [1.54, 1.807) is 12.4 Å². The van der Waals surface area contributed by atoms with Crippen molar-refractivity contribution in [3.8, 4) is 0 Å². The SMILES string of the molecule is CCC(NC(=O)c1cccnc1)C12CC3CC(CC(C3)C1)C2. The van der Waals surface area contributed by atoms with Gasteiger partial charge >= 0.3 is 0 Å². The molecule has 4 aliphatic rings. The molecule has 1 aromatic rings. The summed E-state index contributed by atoms with van der Waals surface area (Å²) in [4.78, 5) is 16.6. The van der Waals surface area contributed by atoms with Crippen LogP contribution in [-0.4, -0.2) is 16.9 Å². The van der Waals surface area contributed by atoms with Gasteiger partial charge in [0.2, 0.25) is 0 Å². The molecule has 118 valence electrons. The summed E-state index contributed by atoms with van der Waals surface area (Å²) in [5.41, 5.74) is 1.06. The number of pyridine rings is 1. The predicted molar refractivity (Wildman–Crippen MR) is 86.4 cm³/mol. The summed E-state index contributed by atoms with van der Waals surface area (Å²) in [5, 5.41) is 3.36. The van der Waals surface area contributed by atoms with Gasteiger partial charge in [-0.1, -0.05) is 6.92 Å².